The van der Waals surface area contributed by atoms with Gasteiger partial charge in [0.15, 0.2) is 0 Å². The molecule has 8 heteroatoms. The molecule has 0 unspecified atom stereocenters. The van der Waals surface area contributed by atoms with Crippen LogP contribution in [0.1, 0.15) is 45.6 Å². The van der Waals surface area contributed by atoms with E-state index in [1.165, 1.54) is 24.0 Å². The fourth-order valence-electron chi connectivity index (χ4n) is 4.54. The van der Waals surface area contributed by atoms with Gasteiger partial charge in [0.25, 0.3) is 0 Å². The minimum atomic E-state index is 0. The number of rotatable bonds is 6. The Kier molecular flexibility index (Phi) is 34.8. The Morgan fingerprint density at radius 2 is 1.38 bits per heavy atom. The maximum Gasteiger partial charge on any atom is 0.00506 e. The van der Waals surface area contributed by atoms with Gasteiger partial charge in [0.2, 0.25) is 0 Å². The van der Waals surface area contributed by atoms with Crippen LogP contribution in [0.2, 0.25) is 0 Å². The molecule has 220 valence electrons. The van der Waals surface area contributed by atoms with Gasteiger partial charge >= 0.3 is 223 Å². The van der Waals surface area contributed by atoms with E-state index >= 15 is 0 Å². The summed E-state index contributed by atoms with van der Waals surface area (Å²) in [5, 5.41) is 0. The second kappa shape index (κ2) is 31.4. The average molecular weight is 646 g/mol. The van der Waals surface area contributed by atoms with Crippen molar-refractivity contribution in [3.05, 3.63) is 142 Å². The van der Waals surface area contributed by atoms with E-state index in [1.54, 1.807) is 0 Å². The fourth-order valence-corrected chi connectivity index (χ4v) is 4.84. The van der Waals surface area contributed by atoms with Crippen LogP contribution in [0.5, 0.6) is 0 Å². The van der Waals surface area contributed by atoms with Crippen molar-refractivity contribution in [3.8, 4) is 0 Å². The van der Waals surface area contributed by atoms with Crippen LogP contribution in [0.25, 0.3) is 0 Å². The van der Waals surface area contributed by atoms with Gasteiger partial charge in [-0.1, -0.05) is 24.3 Å². The van der Waals surface area contributed by atoms with Gasteiger partial charge in [-0.05, 0) is 0 Å². The summed E-state index contributed by atoms with van der Waals surface area (Å²) < 4.78 is 44.8. The van der Waals surface area contributed by atoms with Crippen molar-refractivity contribution in [1.29, 1.82) is 0 Å². The molecule has 1 saturated carbocycles. The molecule has 0 bridgehead atoms. The van der Waals surface area contributed by atoms with E-state index < -0.39 is 0 Å². The van der Waals surface area contributed by atoms with Gasteiger partial charge in [0, 0.05) is 23.5 Å². The van der Waals surface area contributed by atoms with E-state index in [-0.39, 0.29) is 28.6 Å². The van der Waals surface area contributed by atoms with E-state index in [1.807, 2.05) is 30.7 Å². The Morgan fingerprint density at radius 3 is 1.83 bits per heavy atom. The molecule has 0 spiro atoms. The summed E-state index contributed by atoms with van der Waals surface area (Å²) in [6, 6.07) is 10.9. The predicted octanol–water partition coefficient (Wildman–Crippen LogP) is 6.85. The van der Waals surface area contributed by atoms with Crippen molar-refractivity contribution in [1.82, 2.24) is 0 Å². The van der Waals surface area contributed by atoms with Crippen molar-refractivity contribution in [2.75, 3.05) is 0 Å². The molecule has 0 aliphatic heterocycles. The number of ether oxygens (including phenoxy) is 1. The third kappa shape index (κ3) is 18.8. The molecule has 3 atom stereocenters. The van der Waals surface area contributed by atoms with Crippen LogP contribution in [0.4, 0.5) is 0 Å². The largest absolute Gasteiger partial charge is 0.0767 e. The molecule has 1 aromatic rings. The SMILES string of the molecule is C[C@@H]1CC[C@@H](C(C)(C)c2ccccc2)[C@H](O[C](=[Cr])/C=C/C2=C[CH]C=C2)C1.[C-]#[O+].[C-]#[O+].[C-]#[O+].[C-]#[O+].[C-]#[O+].[CH]1C=CC=C1.[Fe]. The zero-order chi connectivity index (χ0) is 32.1. The molecule has 0 aromatic heterocycles. The number of benzene rings is 1. The third-order valence-corrected chi connectivity index (χ3v) is 6.78. The summed E-state index contributed by atoms with van der Waals surface area (Å²) in [6.07, 6.45) is 26.4. The molecule has 0 N–H and O–H groups in total. The minimum Gasteiger partial charge on any atom is -0.0767 e. The van der Waals surface area contributed by atoms with E-state index in [4.69, 9.17) is 28.0 Å². The molecule has 0 heterocycles. The van der Waals surface area contributed by atoms with Gasteiger partial charge in [-0.2, -0.15) is 0 Å². The number of hydrogen-bond acceptors (Lipinski definition) is 1. The minimum absolute atomic E-state index is 0. The van der Waals surface area contributed by atoms with Crippen LogP contribution in [0.15, 0.2) is 90.6 Å². The molecule has 1 fully saturated rings. The first-order chi connectivity index (χ1) is 20.0. The third-order valence-electron chi connectivity index (χ3n) is 6.42. The first kappa shape index (κ1) is 46.5. The molecule has 3 aliphatic rings. The smallest absolute Gasteiger partial charge is 0.00506 e. The summed E-state index contributed by atoms with van der Waals surface area (Å²) in [5.41, 5.74) is 2.71. The van der Waals surface area contributed by atoms with Crippen LogP contribution in [-0.4, -0.2) is 10.7 Å². The average Bonchev–Trinajstić information content (AvgIpc) is 3.80. The van der Waals surface area contributed by atoms with E-state index in [0.29, 0.717) is 5.92 Å². The summed E-state index contributed by atoms with van der Waals surface area (Å²) in [7, 11) is 0. The second-order valence-corrected chi connectivity index (χ2v) is 9.73. The predicted molar refractivity (Wildman–Crippen MR) is 149 cm³/mol. The molecular formula is C34H34CrFeO6. The van der Waals surface area contributed by atoms with Crippen molar-refractivity contribution >= 4 is 4.57 Å². The van der Waals surface area contributed by atoms with Gasteiger partial charge < -0.3 is 0 Å². The Morgan fingerprint density at radius 1 is 0.833 bits per heavy atom. The maximum absolute atomic E-state index is 7.50. The van der Waals surface area contributed by atoms with Crippen molar-refractivity contribution < 1.29 is 60.9 Å². The molecule has 42 heavy (non-hydrogen) atoms. The molecule has 2 radical (unpaired) electrons. The Balaban J connectivity index is -0.000000382. The Bertz CT molecular complexity index is 1060. The summed E-state index contributed by atoms with van der Waals surface area (Å²) in [5.74, 6) is 1.23. The maximum atomic E-state index is 7.50. The van der Waals surface area contributed by atoms with Crippen LogP contribution < -0.4 is 0 Å². The van der Waals surface area contributed by atoms with Crippen molar-refractivity contribution in [2.24, 2.45) is 11.8 Å². The number of allylic oxidation sites excluding steroid dienone is 9. The zero-order valence-electron chi connectivity index (χ0n) is 23.8. The molecule has 6 nitrogen and oxygen atoms in total. The standard InChI is InChI=1S/C24H29O.C5H5.5CO.Cr.Fe/c1-19-15-16-22(24(2,3)21-13-5-4-6-14-21)23(18-19)25-17-9-12-20-10-7-8-11-20;1-2-4-5-3-1;5*1-2;;/h4-14,19,22-23H,15-16,18H2,1-3H3;1-5H;;;;;;;/b12-9+;;;;;;;;/t19-,22-,23-;;;;;;;;/m1......../s1. The van der Waals surface area contributed by atoms with Gasteiger partial charge in [0.05, 0.1) is 0 Å². The van der Waals surface area contributed by atoms with Gasteiger partial charge in [-0.25, -0.2) is 0 Å². The Labute approximate surface area is 270 Å². The Hall–Kier alpha value is -2.50. The van der Waals surface area contributed by atoms with Crippen LogP contribution in [0, 0.1) is 57.9 Å². The van der Waals surface area contributed by atoms with Crippen molar-refractivity contribution in [3.63, 3.8) is 0 Å². The first-order valence-corrected chi connectivity index (χ1v) is 12.9. The van der Waals surface area contributed by atoms with Crippen LogP contribution in [-0.2, 0) is 66.3 Å². The molecule has 0 saturated heterocycles. The number of hydrogen-bond donors (Lipinski definition) is 0. The zero-order valence-corrected chi connectivity index (χ0v) is 26.2. The molecular weight excluding hydrogens is 612 g/mol. The van der Waals surface area contributed by atoms with E-state index in [0.717, 1.165) is 16.9 Å². The van der Waals surface area contributed by atoms with E-state index in [2.05, 4.69) is 137 Å². The molecule has 1 aromatic carbocycles. The monoisotopic (exact) mass is 646 g/mol. The molecule has 0 amide bonds. The summed E-state index contributed by atoms with van der Waals surface area (Å²) >= 11 is 3.12. The van der Waals surface area contributed by atoms with Gasteiger partial charge in [0.1, 0.15) is 0 Å². The summed E-state index contributed by atoms with van der Waals surface area (Å²) in [6.45, 7) is 29.6. The van der Waals surface area contributed by atoms with Crippen molar-refractivity contribution in [2.45, 2.75) is 51.6 Å². The molecule has 4 rings (SSSR count). The van der Waals surface area contributed by atoms with Crippen LogP contribution >= 0.6 is 0 Å². The second-order valence-electron chi connectivity index (χ2n) is 9.10. The normalized spacial score (nSPS) is 18.6. The molecule has 3 aliphatic carbocycles. The van der Waals surface area contributed by atoms with E-state index in [9.17, 15) is 0 Å². The van der Waals surface area contributed by atoms with Gasteiger partial charge in [-0.3, -0.25) is 0 Å². The van der Waals surface area contributed by atoms with Gasteiger partial charge in [-0.15, -0.1) is 0 Å². The topological polar surface area (TPSA) is 109 Å². The fraction of sp³-hybridized carbons (Fsp3) is 0.294. The quantitative estimate of drug-likeness (QED) is 0.188. The summed E-state index contributed by atoms with van der Waals surface area (Å²) in [4.78, 5) is 0. The van der Waals surface area contributed by atoms with Crippen LogP contribution in [0.3, 0.4) is 0 Å². The first-order valence-electron chi connectivity index (χ1n) is 12.3.